The number of hydrogen-bond acceptors (Lipinski definition) is 1. The van der Waals surface area contributed by atoms with Gasteiger partial charge in [-0.15, -0.1) is 6.58 Å². The van der Waals surface area contributed by atoms with Gasteiger partial charge in [0.15, 0.2) is 0 Å². The summed E-state index contributed by atoms with van der Waals surface area (Å²) in [5.74, 6) is 1.01. The average Bonchev–Trinajstić information content (AvgIpc) is 2.65. The molecule has 82 valence electrons. The van der Waals surface area contributed by atoms with Crippen molar-refractivity contribution in [3.05, 3.63) is 12.7 Å². The largest absolute Gasteiger partial charge is 0.317 e. The minimum Gasteiger partial charge on any atom is -0.317 e. The Bertz CT molecular complexity index is 153. The molecular weight excluding hydrogens is 170 g/mol. The van der Waals surface area contributed by atoms with Crippen LogP contribution in [0.5, 0.6) is 0 Å². The van der Waals surface area contributed by atoms with Gasteiger partial charge in [-0.25, -0.2) is 0 Å². The first-order valence-corrected chi connectivity index (χ1v) is 6.15. The van der Waals surface area contributed by atoms with Crippen LogP contribution >= 0.6 is 0 Å². The molecule has 0 radical (unpaired) electrons. The molecule has 14 heavy (non-hydrogen) atoms. The Morgan fingerprint density at radius 2 is 2.14 bits per heavy atom. The van der Waals surface area contributed by atoms with Crippen molar-refractivity contribution in [2.45, 2.75) is 57.4 Å². The Morgan fingerprint density at radius 3 is 2.79 bits per heavy atom. The summed E-state index contributed by atoms with van der Waals surface area (Å²) in [5.41, 5.74) is 0. The first-order chi connectivity index (χ1) is 6.86. The topological polar surface area (TPSA) is 12.0 Å². The van der Waals surface area contributed by atoms with E-state index in [0.717, 1.165) is 12.0 Å². The highest BCUT2D eigenvalue weighted by molar-refractivity contribution is 4.79. The third-order valence-corrected chi connectivity index (χ3v) is 3.47. The van der Waals surface area contributed by atoms with Crippen molar-refractivity contribution < 1.29 is 0 Å². The minimum atomic E-state index is 0.813. The van der Waals surface area contributed by atoms with E-state index in [1.165, 1.54) is 51.4 Å². The van der Waals surface area contributed by atoms with Crippen molar-refractivity contribution in [3.8, 4) is 0 Å². The zero-order valence-electron chi connectivity index (χ0n) is 9.60. The number of hydrogen-bond donors (Lipinski definition) is 1. The van der Waals surface area contributed by atoms with Crippen LogP contribution in [0.4, 0.5) is 0 Å². The summed E-state index contributed by atoms with van der Waals surface area (Å²) in [4.78, 5) is 0. The Hall–Kier alpha value is -0.300. The van der Waals surface area contributed by atoms with Gasteiger partial charge in [0.1, 0.15) is 0 Å². The molecule has 0 bridgehead atoms. The molecule has 1 N–H and O–H groups in total. The molecule has 2 atom stereocenters. The molecule has 0 amide bonds. The fourth-order valence-electron chi connectivity index (χ4n) is 2.50. The molecular formula is C13H25N. The van der Waals surface area contributed by atoms with Crippen LogP contribution in [-0.2, 0) is 0 Å². The summed E-state index contributed by atoms with van der Waals surface area (Å²) in [7, 11) is 2.09. The van der Waals surface area contributed by atoms with Crippen LogP contribution < -0.4 is 5.32 Å². The molecule has 1 heteroatoms. The van der Waals surface area contributed by atoms with Gasteiger partial charge >= 0.3 is 0 Å². The maximum Gasteiger partial charge on any atom is 0.00668 e. The Morgan fingerprint density at radius 1 is 1.29 bits per heavy atom. The lowest BCUT2D eigenvalue weighted by atomic mass is 9.99. The maximum atomic E-state index is 3.75. The third-order valence-electron chi connectivity index (χ3n) is 3.47. The van der Waals surface area contributed by atoms with Gasteiger partial charge in [-0.2, -0.15) is 0 Å². The van der Waals surface area contributed by atoms with Crippen LogP contribution in [-0.4, -0.2) is 13.1 Å². The molecule has 1 aliphatic carbocycles. The SMILES string of the molecule is C=CCCCCCC1CCC(NC)C1. The molecule has 0 heterocycles. The zero-order valence-corrected chi connectivity index (χ0v) is 9.60. The highest BCUT2D eigenvalue weighted by Gasteiger charge is 2.22. The van der Waals surface area contributed by atoms with Crippen LogP contribution in [0.15, 0.2) is 12.7 Å². The van der Waals surface area contributed by atoms with Crippen molar-refractivity contribution in [2.24, 2.45) is 5.92 Å². The summed E-state index contributed by atoms with van der Waals surface area (Å²) in [6, 6.07) is 0.813. The molecule has 0 saturated heterocycles. The van der Waals surface area contributed by atoms with E-state index in [4.69, 9.17) is 0 Å². The van der Waals surface area contributed by atoms with Crippen molar-refractivity contribution in [1.29, 1.82) is 0 Å². The number of nitrogens with one attached hydrogen (secondary N) is 1. The van der Waals surface area contributed by atoms with E-state index < -0.39 is 0 Å². The van der Waals surface area contributed by atoms with Gasteiger partial charge in [0, 0.05) is 6.04 Å². The van der Waals surface area contributed by atoms with E-state index >= 15 is 0 Å². The van der Waals surface area contributed by atoms with Crippen molar-refractivity contribution in [2.75, 3.05) is 7.05 Å². The minimum absolute atomic E-state index is 0.813. The van der Waals surface area contributed by atoms with Crippen LogP contribution in [0, 0.1) is 5.92 Å². The Kier molecular flexibility index (Phi) is 5.93. The lowest BCUT2D eigenvalue weighted by Gasteiger charge is -2.10. The number of allylic oxidation sites excluding steroid dienone is 1. The zero-order chi connectivity index (χ0) is 10.2. The van der Waals surface area contributed by atoms with Gasteiger partial charge in [-0.3, -0.25) is 0 Å². The molecule has 2 unspecified atom stereocenters. The highest BCUT2D eigenvalue weighted by Crippen LogP contribution is 2.29. The lowest BCUT2D eigenvalue weighted by Crippen LogP contribution is -2.21. The van der Waals surface area contributed by atoms with E-state index in [9.17, 15) is 0 Å². The quantitative estimate of drug-likeness (QED) is 0.484. The summed E-state index contributed by atoms with van der Waals surface area (Å²) in [6.07, 6.45) is 13.1. The second-order valence-corrected chi connectivity index (χ2v) is 4.59. The molecule has 1 saturated carbocycles. The molecule has 1 rings (SSSR count). The van der Waals surface area contributed by atoms with Gasteiger partial charge in [-0.1, -0.05) is 25.3 Å². The standard InChI is InChI=1S/C13H25N/c1-3-4-5-6-7-8-12-9-10-13(11-12)14-2/h3,12-14H,1,4-11H2,2H3. The molecule has 0 aromatic carbocycles. The summed E-state index contributed by atoms with van der Waals surface area (Å²) < 4.78 is 0. The average molecular weight is 195 g/mol. The maximum absolute atomic E-state index is 3.75. The van der Waals surface area contributed by atoms with Gasteiger partial charge in [0.2, 0.25) is 0 Å². The number of rotatable bonds is 7. The fourth-order valence-corrected chi connectivity index (χ4v) is 2.50. The number of unbranched alkanes of at least 4 members (excludes halogenated alkanes) is 3. The highest BCUT2D eigenvalue weighted by atomic mass is 14.9. The molecule has 0 aromatic heterocycles. The van der Waals surface area contributed by atoms with Crippen LogP contribution in [0.2, 0.25) is 0 Å². The van der Waals surface area contributed by atoms with E-state index in [1.54, 1.807) is 0 Å². The third kappa shape index (κ3) is 4.28. The summed E-state index contributed by atoms with van der Waals surface area (Å²) >= 11 is 0. The fraction of sp³-hybridized carbons (Fsp3) is 0.846. The van der Waals surface area contributed by atoms with E-state index in [0.29, 0.717) is 0 Å². The van der Waals surface area contributed by atoms with E-state index in [1.807, 2.05) is 6.08 Å². The van der Waals surface area contributed by atoms with Gasteiger partial charge in [-0.05, 0) is 45.1 Å². The van der Waals surface area contributed by atoms with Gasteiger partial charge in [0.25, 0.3) is 0 Å². The summed E-state index contributed by atoms with van der Waals surface area (Å²) in [6.45, 7) is 3.75. The van der Waals surface area contributed by atoms with Gasteiger partial charge in [0.05, 0.1) is 0 Å². The van der Waals surface area contributed by atoms with E-state index in [2.05, 4.69) is 18.9 Å². The molecule has 1 nitrogen and oxygen atoms in total. The monoisotopic (exact) mass is 195 g/mol. The van der Waals surface area contributed by atoms with Crippen LogP contribution in [0.25, 0.3) is 0 Å². The van der Waals surface area contributed by atoms with Crippen LogP contribution in [0.1, 0.15) is 51.4 Å². The lowest BCUT2D eigenvalue weighted by molar-refractivity contribution is 0.453. The van der Waals surface area contributed by atoms with Gasteiger partial charge < -0.3 is 5.32 Å². The molecule has 1 aliphatic rings. The molecule has 0 aliphatic heterocycles. The normalized spacial score (nSPS) is 26.6. The molecule has 1 fully saturated rings. The predicted molar refractivity (Wildman–Crippen MR) is 63.5 cm³/mol. The predicted octanol–water partition coefficient (Wildman–Crippen LogP) is 3.51. The second kappa shape index (κ2) is 7.05. The Balaban J connectivity index is 1.94. The second-order valence-electron chi connectivity index (χ2n) is 4.59. The summed E-state index contributed by atoms with van der Waals surface area (Å²) in [5, 5.41) is 3.39. The van der Waals surface area contributed by atoms with Crippen molar-refractivity contribution in [1.82, 2.24) is 5.32 Å². The smallest absolute Gasteiger partial charge is 0.00668 e. The first-order valence-electron chi connectivity index (χ1n) is 6.15. The van der Waals surface area contributed by atoms with Crippen molar-refractivity contribution >= 4 is 0 Å². The molecule has 0 spiro atoms. The van der Waals surface area contributed by atoms with Crippen LogP contribution in [0.3, 0.4) is 0 Å². The first kappa shape index (κ1) is 11.8. The van der Waals surface area contributed by atoms with Crippen molar-refractivity contribution in [3.63, 3.8) is 0 Å². The molecule has 0 aromatic rings. The Labute approximate surface area is 89.0 Å². The van der Waals surface area contributed by atoms with E-state index in [-0.39, 0.29) is 0 Å².